The van der Waals surface area contributed by atoms with Crippen molar-refractivity contribution in [1.29, 1.82) is 0 Å². The zero-order chi connectivity index (χ0) is 17.5. The average molecular weight is 323 g/mol. The van der Waals surface area contributed by atoms with E-state index in [1.165, 1.54) is 7.11 Å². The standard InChI is InChI=1S/C17H25NO5/c1-12(23-17(2,3)4)14(15(19)21-5)18-16(20)22-11-13-9-7-6-8-10-13/h6-10,12,14H,11H2,1-5H3,(H,18,20)/t12-,14+/m1/s1. The molecule has 128 valence electrons. The van der Waals surface area contributed by atoms with Crippen molar-refractivity contribution in [3.8, 4) is 0 Å². The number of hydrogen-bond acceptors (Lipinski definition) is 5. The predicted octanol–water partition coefficient (Wildman–Crippen LogP) is 2.66. The van der Waals surface area contributed by atoms with Crippen LogP contribution in [-0.4, -0.2) is 36.9 Å². The van der Waals surface area contributed by atoms with Crippen LogP contribution in [-0.2, 0) is 25.6 Å². The SMILES string of the molecule is COC(=O)[C@@H](NC(=O)OCc1ccccc1)[C@@H](C)OC(C)(C)C. The van der Waals surface area contributed by atoms with E-state index in [1.54, 1.807) is 6.92 Å². The molecular formula is C17H25NO5. The van der Waals surface area contributed by atoms with Crippen LogP contribution in [0.5, 0.6) is 0 Å². The van der Waals surface area contributed by atoms with E-state index >= 15 is 0 Å². The fourth-order valence-corrected chi connectivity index (χ4v) is 2.01. The van der Waals surface area contributed by atoms with E-state index in [2.05, 4.69) is 5.32 Å². The molecule has 23 heavy (non-hydrogen) atoms. The number of ether oxygens (including phenoxy) is 3. The van der Waals surface area contributed by atoms with Gasteiger partial charge in [-0.1, -0.05) is 30.3 Å². The van der Waals surface area contributed by atoms with Crippen LogP contribution in [0.15, 0.2) is 30.3 Å². The Morgan fingerprint density at radius 1 is 1.17 bits per heavy atom. The molecule has 0 heterocycles. The van der Waals surface area contributed by atoms with Gasteiger partial charge >= 0.3 is 12.1 Å². The Morgan fingerprint density at radius 3 is 2.30 bits per heavy atom. The fraction of sp³-hybridized carbons (Fsp3) is 0.529. The normalized spacial score (nSPS) is 13.8. The van der Waals surface area contributed by atoms with E-state index in [0.717, 1.165) is 5.56 Å². The number of hydrogen-bond donors (Lipinski definition) is 1. The molecular weight excluding hydrogens is 298 g/mol. The molecule has 0 saturated carbocycles. The summed E-state index contributed by atoms with van der Waals surface area (Å²) < 4.78 is 15.6. The third-order valence-electron chi connectivity index (χ3n) is 2.95. The lowest BCUT2D eigenvalue weighted by atomic mass is 10.1. The van der Waals surface area contributed by atoms with Gasteiger partial charge in [-0.2, -0.15) is 0 Å². The minimum Gasteiger partial charge on any atom is -0.467 e. The van der Waals surface area contributed by atoms with Gasteiger partial charge in [-0.25, -0.2) is 9.59 Å². The second kappa shape index (κ2) is 8.53. The largest absolute Gasteiger partial charge is 0.467 e. The second-order valence-electron chi connectivity index (χ2n) is 6.14. The highest BCUT2D eigenvalue weighted by Gasteiger charge is 2.31. The van der Waals surface area contributed by atoms with Gasteiger partial charge in [-0.3, -0.25) is 0 Å². The Morgan fingerprint density at radius 2 is 1.78 bits per heavy atom. The molecule has 2 atom stereocenters. The monoisotopic (exact) mass is 323 g/mol. The summed E-state index contributed by atoms with van der Waals surface area (Å²) in [4.78, 5) is 23.8. The Labute approximate surface area is 137 Å². The molecule has 0 spiro atoms. The minimum atomic E-state index is -0.942. The van der Waals surface area contributed by atoms with Crippen LogP contribution in [0.1, 0.15) is 33.3 Å². The van der Waals surface area contributed by atoms with E-state index < -0.39 is 29.8 Å². The maximum atomic E-state index is 11.9. The van der Waals surface area contributed by atoms with Crippen LogP contribution < -0.4 is 5.32 Å². The third-order valence-corrected chi connectivity index (χ3v) is 2.95. The predicted molar refractivity (Wildman–Crippen MR) is 85.9 cm³/mol. The maximum absolute atomic E-state index is 11.9. The molecule has 0 aromatic heterocycles. The Kier molecular flexibility index (Phi) is 7.03. The molecule has 6 heteroatoms. The lowest BCUT2D eigenvalue weighted by molar-refractivity contribution is -0.150. The van der Waals surface area contributed by atoms with Gasteiger partial charge in [0.25, 0.3) is 0 Å². The van der Waals surface area contributed by atoms with Crippen molar-refractivity contribution in [1.82, 2.24) is 5.32 Å². The molecule has 1 amide bonds. The molecule has 0 aliphatic rings. The molecule has 0 aliphatic heterocycles. The highest BCUT2D eigenvalue weighted by molar-refractivity contribution is 5.81. The first-order valence-corrected chi connectivity index (χ1v) is 7.46. The molecule has 1 N–H and O–H groups in total. The molecule has 0 bridgehead atoms. The summed E-state index contributed by atoms with van der Waals surface area (Å²) >= 11 is 0. The first kappa shape index (κ1) is 19.0. The summed E-state index contributed by atoms with van der Waals surface area (Å²) in [5, 5.41) is 2.50. The van der Waals surface area contributed by atoms with Crippen LogP contribution in [0, 0.1) is 0 Å². The molecule has 0 aliphatic carbocycles. The molecule has 1 rings (SSSR count). The van der Waals surface area contributed by atoms with Gasteiger partial charge in [0.05, 0.1) is 18.8 Å². The summed E-state index contributed by atoms with van der Waals surface area (Å²) in [5.74, 6) is -0.585. The highest BCUT2D eigenvalue weighted by atomic mass is 16.6. The second-order valence-corrected chi connectivity index (χ2v) is 6.14. The molecule has 0 saturated heterocycles. The summed E-state index contributed by atoms with van der Waals surface area (Å²) in [6, 6.07) is 8.33. The number of nitrogens with one attached hydrogen (secondary N) is 1. The number of carbonyl (C=O) groups excluding carboxylic acids is 2. The summed E-state index contributed by atoms with van der Waals surface area (Å²) in [6.45, 7) is 7.42. The minimum absolute atomic E-state index is 0.120. The third kappa shape index (κ3) is 7.15. The van der Waals surface area contributed by atoms with E-state index in [4.69, 9.17) is 14.2 Å². The van der Waals surface area contributed by atoms with Crippen LogP contribution in [0.4, 0.5) is 4.79 Å². The summed E-state index contributed by atoms with van der Waals surface area (Å²) in [6.07, 6.45) is -1.26. The first-order valence-electron chi connectivity index (χ1n) is 7.46. The molecule has 0 unspecified atom stereocenters. The summed E-state index contributed by atoms with van der Waals surface area (Å²) in [7, 11) is 1.26. The number of methoxy groups -OCH3 is 1. The van der Waals surface area contributed by atoms with Crippen molar-refractivity contribution in [2.24, 2.45) is 0 Å². The number of rotatable bonds is 6. The van der Waals surface area contributed by atoms with Gasteiger partial charge in [0.2, 0.25) is 0 Å². The first-order chi connectivity index (χ1) is 10.7. The smallest absolute Gasteiger partial charge is 0.408 e. The van der Waals surface area contributed by atoms with Gasteiger partial charge in [-0.15, -0.1) is 0 Å². The lowest BCUT2D eigenvalue weighted by Gasteiger charge is -2.29. The number of alkyl carbamates (subject to hydrolysis) is 1. The van der Waals surface area contributed by atoms with Crippen LogP contribution in [0.2, 0.25) is 0 Å². The number of carbonyl (C=O) groups is 2. The molecule has 1 aromatic rings. The van der Waals surface area contributed by atoms with Gasteiger partial charge < -0.3 is 19.5 Å². The number of esters is 1. The lowest BCUT2D eigenvalue weighted by Crippen LogP contribution is -2.51. The van der Waals surface area contributed by atoms with Crippen molar-refractivity contribution >= 4 is 12.1 Å². The van der Waals surface area contributed by atoms with Gasteiger partial charge in [0.15, 0.2) is 6.04 Å². The zero-order valence-electron chi connectivity index (χ0n) is 14.3. The van der Waals surface area contributed by atoms with E-state index in [9.17, 15) is 9.59 Å². The number of benzene rings is 1. The van der Waals surface area contributed by atoms with Gasteiger partial charge in [0.1, 0.15) is 6.61 Å². The van der Waals surface area contributed by atoms with Gasteiger partial charge in [-0.05, 0) is 33.3 Å². The van der Waals surface area contributed by atoms with Crippen molar-refractivity contribution in [3.63, 3.8) is 0 Å². The van der Waals surface area contributed by atoms with Crippen molar-refractivity contribution in [2.45, 2.75) is 52.0 Å². The van der Waals surface area contributed by atoms with Gasteiger partial charge in [0, 0.05) is 0 Å². The molecule has 0 fully saturated rings. The average Bonchev–Trinajstić information content (AvgIpc) is 2.49. The Balaban J connectivity index is 2.62. The number of amides is 1. The van der Waals surface area contributed by atoms with E-state index in [-0.39, 0.29) is 6.61 Å². The fourth-order valence-electron chi connectivity index (χ4n) is 2.01. The summed E-state index contributed by atoms with van der Waals surface area (Å²) in [5.41, 5.74) is 0.401. The van der Waals surface area contributed by atoms with Crippen LogP contribution >= 0.6 is 0 Å². The zero-order valence-corrected chi connectivity index (χ0v) is 14.3. The van der Waals surface area contributed by atoms with Crippen LogP contribution in [0.25, 0.3) is 0 Å². The van der Waals surface area contributed by atoms with Crippen molar-refractivity contribution in [2.75, 3.05) is 7.11 Å². The topological polar surface area (TPSA) is 73.9 Å². The maximum Gasteiger partial charge on any atom is 0.408 e. The van der Waals surface area contributed by atoms with Crippen LogP contribution in [0.3, 0.4) is 0 Å². The Bertz CT molecular complexity index is 509. The molecule has 6 nitrogen and oxygen atoms in total. The van der Waals surface area contributed by atoms with Crippen molar-refractivity contribution in [3.05, 3.63) is 35.9 Å². The molecule has 1 aromatic carbocycles. The Hall–Kier alpha value is -2.08. The van der Waals surface area contributed by atoms with Crippen molar-refractivity contribution < 1.29 is 23.8 Å². The quantitative estimate of drug-likeness (QED) is 0.815. The highest BCUT2D eigenvalue weighted by Crippen LogP contribution is 2.14. The molecule has 0 radical (unpaired) electrons. The van der Waals surface area contributed by atoms with E-state index in [1.807, 2.05) is 51.1 Å². The van der Waals surface area contributed by atoms with E-state index in [0.29, 0.717) is 0 Å².